The molecule has 0 atom stereocenters. The summed E-state index contributed by atoms with van der Waals surface area (Å²) in [7, 11) is 0. The SMILES string of the molecule is O=C(CN1C(=O)S/C(=C\c2cc(Br)ccc2OCc2ccc([N+](=O)[O-])cc2)C1=O)Nc1ccccc1. The van der Waals surface area contributed by atoms with E-state index in [4.69, 9.17) is 4.74 Å². The van der Waals surface area contributed by atoms with Gasteiger partial charge in [-0.1, -0.05) is 34.1 Å². The van der Waals surface area contributed by atoms with Crippen molar-refractivity contribution in [3.05, 3.63) is 103 Å². The van der Waals surface area contributed by atoms with Crippen LogP contribution in [-0.2, 0) is 16.2 Å². The molecule has 0 aliphatic carbocycles. The number of anilines is 1. The molecule has 1 aliphatic heterocycles. The number of thioether (sulfide) groups is 1. The summed E-state index contributed by atoms with van der Waals surface area (Å²) in [6.45, 7) is -0.263. The Morgan fingerprint density at radius 1 is 1.08 bits per heavy atom. The minimum absolute atomic E-state index is 0.0174. The molecule has 0 unspecified atom stereocenters. The van der Waals surface area contributed by atoms with Gasteiger partial charge in [-0.3, -0.25) is 29.4 Å². The molecule has 0 spiro atoms. The summed E-state index contributed by atoms with van der Waals surface area (Å²) in [5.74, 6) is -0.612. The van der Waals surface area contributed by atoms with Crippen LogP contribution in [0, 0.1) is 10.1 Å². The maximum Gasteiger partial charge on any atom is 0.294 e. The van der Waals surface area contributed by atoms with E-state index in [1.165, 1.54) is 18.2 Å². The number of para-hydroxylation sites is 1. The summed E-state index contributed by atoms with van der Waals surface area (Å²) in [4.78, 5) is 49.1. The largest absolute Gasteiger partial charge is 0.488 e. The molecule has 9 nitrogen and oxygen atoms in total. The molecule has 0 radical (unpaired) electrons. The molecule has 1 fully saturated rings. The zero-order chi connectivity index (χ0) is 25.7. The topological polar surface area (TPSA) is 119 Å². The molecule has 1 N–H and O–H groups in total. The Balaban J connectivity index is 1.47. The van der Waals surface area contributed by atoms with Crippen molar-refractivity contribution < 1.29 is 24.0 Å². The number of carbonyl (C=O) groups excluding carboxylic acids is 3. The summed E-state index contributed by atoms with van der Waals surface area (Å²) in [5, 5.41) is 12.9. The van der Waals surface area contributed by atoms with E-state index in [0.717, 1.165) is 26.7 Å². The van der Waals surface area contributed by atoms with Crippen LogP contribution >= 0.6 is 27.7 Å². The zero-order valence-corrected chi connectivity index (χ0v) is 21.0. The van der Waals surface area contributed by atoms with Gasteiger partial charge in [0.25, 0.3) is 16.8 Å². The maximum atomic E-state index is 12.9. The Labute approximate surface area is 218 Å². The van der Waals surface area contributed by atoms with Gasteiger partial charge in [0.15, 0.2) is 0 Å². The number of amides is 3. The molecule has 0 aromatic heterocycles. The molecule has 36 heavy (non-hydrogen) atoms. The van der Waals surface area contributed by atoms with Gasteiger partial charge in [-0.2, -0.15) is 0 Å². The van der Waals surface area contributed by atoms with Crippen LogP contribution in [0.3, 0.4) is 0 Å². The summed E-state index contributed by atoms with van der Waals surface area (Å²) in [6, 6.07) is 19.9. The third kappa shape index (κ3) is 6.18. The van der Waals surface area contributed by atoms with Crippen molar-refractivity contribution in [3.63, 3.8) is 0 Å². The molecular weight excluding hydrogens is 550 g/mol. The second-order valence-corrected chi connectivity index (χ2v) is 9.49. The molecule has 1 aliphatic rings. The van der Waals surface area contributed by atoms with Crippen molar-refractivity contribution in [1.29, 1.82) is 0 Å². The minimum Gasteiger partial charge on any atom is -0.488 e. The number of ether oxygens (including phenoxy) is 1. The van der Waals surface area contributed by atoms with Gasteiger partial charge in [-0.05, 0) is 65.9 Å². The molecule has 3 aromatic carbocycles. The lowest BCUT2D eigenvalue weighted by Crippen LogP contribution is -2.36. The van der Waals surface area contributed by atoms with E-state index in [1.807, 2.05) is 6.07 Å². The normalized spacial score (nSPS) is 14.2. The van der Waals surface area contributed by atoms with Crippen molar-refractivity contribution in [2.75, 3.05) is 11.9 Å². The molecular formula is C25H18BrN3O6S. The highest BCUT2D eigenvalue weighted by Crippen LogP contribution is 2.35. The average Bonchev–Trinajstić information content (AvgIpc) is 3.11. The second kappa shape index (κ2) is 11.2. The number of halogens is 1. The summed E-state index contributed by atoms with van der Waals surface area (Å²) >= 11 is 4.14. The third-order valence-corrected chi connectivity index (χ3v) is 6.43. The Bertz CT molecular complexity index is 1360. The van der Waals surface area contributed by atoms with Crippen molar-refractivity contribution >= 4 is 62.2 Å². The molecule has 11 heteroatoms. The van der Waals surface area contributed by atoms with Crippen LogP contribution in [0.25, 0.3) is 6.08 Å². The quantitative estimate of drug-likeness (QED) is 0.213. The number of rotatable bonds is 8. The predicted octanol–water partition coefficient (Wildman–Crippen LogP) is 5.61. The first-order valence-corrected chi connectivity index (χ1v) is 12.2. The van der Waals surface area contributed by atoms with Gasteiger partial charge >= 0.3 is 0 Å². The van der Waals surface area contributed by atoms with Gasteiger partial charge in [0, 0.05) is 27.9 Å². The summed E-state index contributed by atoms with van der Waals surface area (Å²) in [5.41, 5.74) is 1.81. The van der Waals surface area contributed by atoms with Gasteiger partial charge in [0.1, 0.15) is 18.9 Å². The third-order valence-electron chi connectivity index (χ3n) is 5.03. The number of nitrogens with zero attached hydrogens (tertiary/aromatic N) is 2. The molecule has 0 saturated carbocycles. The molecule has 3 amide bonds. The highest BCUT2D eigenvalue weighted by molar-refractivity contribution is 9.10. The lowest BCUT2D eigenvalue weighted by Gasteiger charge is -2.12. The number of non-ortho nitro benzene ring substituents is 1. The van der Waals surface area contributed by atoms with Crippen LogP contribution < -0.4 is 10.1 Å². The molecule has 1 heterocycles. The van der Waals surface area contributed by atoms with Gasteiger partial charge in [-0.25, -0.2) is 0 Å². The number of benzene rings is 3. The van der Waals surface area contributed by atoms with E-state index < -0.39 is 28.5 Å². The molecule has 4 rings (SSSR count). The predicted molar refractivity (Wildman–Crippen MR) is 139 cm³/mol. The lowest BCUT2D eigenvalue weighted by atomic mass is 10.1. The highest BCUT2D eigenvalue weighted by atomic mass is 79.9. The van der Waals surface area contributed by atoms with E-state index in [0.29, 0.717) is 17.0 Å². The summed E-state index contributed by atoms with van der Waals surface area (Å²) in [6.07, 6.45) is 1.54. The monoisotopic (exact) mass is 567 g/mol. The van der Waals surface area contributed by atoms with Crippen LogP contribution in [0.2, 0.25) is 0 Å². The van der Waals surface area contributed by atoms with Crippen molar-refractivity contribution in [2.45, 2.75) is 6.61 Å². The van der Waals surface area contributed by atoms with Crippen molar-refractivity contribution in [1.82, 2.24) is 4.90 Å². The van der Waals surface area contributed by atoms with Crippen LogP contribution in [-0.4, -0.2) is 33.4 Å². The minimum atomic E-state index is -0.575. The first-order valence-electron chi connectivity index (χ1n) is 10.6. The number of nitro groups is 1. The van der Waals surface area contributed by atoms with E-state index in [2.05, 4.69) is 21.2 Å². The molecule has 3 aromatic rings. The standard InChI is InChI=1S/C25H18BrN3O6S/c26-18-8-11-21(35-15-16-6-9-20(10-7-16)29(33)34)17(12-18)13-22-24(31)28(25(32)36-22)14-23(30)27-19-4-2-1-3-5-19/h1-13H,14-15H2,(H,27,30)/b22-13-. The number of hydrogen-bond acceptors (Lipinski definition) is 7. The number of imide groups is 1. The highest BCUT2D eigenvalue weighted by Gasteiger charge is 2.36. The van der Waals surface area contributed by atoms with Crippen LogP contribution in [0.1, 0.15) is 11.1 Å². The molecule has 1 saturated heterocycles. The van der Waals surface area contributed by atoms with Crippen LogP contribution in [0.5, 0.6) is 5.75 Å². The summed E-state index contributed by atoms with van der Waals surface area (Å²) < 4.78 is 6.62. The van der Waals surface area contributed by atoms with E-state index in [9.17, 15) is 24.5 Å². The van der Waals surface area contributed by atoms with Crippen LogP contribution in [0.4, 0.5) is 16.2 Å². The number of hydrogen-bond donors (Lipinski definition) is 1. The smallest absolute Gasteiger partial charge is 0.294 e. The van der Waals surface area contributed by atoms with E-state index in [-0.39, 0.29) is 17.2 Å². The Morgan fingerprint density at radius 3 is 2.50 bits per heavy atom. The van der Waals surface area contributed by atoms with E-state index in [1.54, 1.807) is 54.6 Å². The van der Waals surface area contributed by atoms with E-state index >= 15 is 0 Å². The van der Waals surface area contributed by atoms with Crippen LogP contribution in [0.15, 0.2) is 82.2 Å². The van der Waals surface area contributed by atoms with Crippen molar-refractivity contribution in [3.8, 4) is 5.75 Å². The first kappa shape index (κ1) is 25.1. The number of nitro benzene ring substituents is 1. The van der Waals surface area contributed by atoms with Gasteiger partial charge in [-0.15, -0.1) is 0 Å². The van der Waals surface area contributed by atoms with Crippen molar-refractivity contribution in [2.24, 2.45) is 0 Å². The van der Waals surface area contributed by atoms with Gasteiger partial charge < -0.3 is 10.1 Å². The molecule has 182 valence electrons. The maximum absolute atomic E-state index is 12.9. The zero-order valence-electron chi connectivity index (χ0n) is 18.5. The fraction of sp³-hybridized carbons (Fsp3) is 0.0800. The Hall–Kier alpha value is -3.96. The first-order chi connectivity index (χ1) is 17.3. The fourth-order valence-corrected chi connectivity index (χ4v) is 4.49. The molecule has 0 bridgehead atoms. The average molecular weight is 568 g/mol. The Morgan fingerprint density at radius 2 is 1.81 bits per heavy atom. The van der Waals surface area contributed by atoms with Gasteiger partial charge in [0.2, 0.25) is 5.91 Å². The number of nitrogens with one attached hydrogen (secondary N) is 1. The lowest BCUT2D eigenvalue weighted by molar-refractivity contribution is -0.384. The fourth-order valence-electron chi connectivity index (χ4n) is 3.28. The van der Waals surface area contributed by atoms with Gasteiger partial charge in [0.05, 0.1) is 9.83 Å². The second-order valence-electron chi connectivity index (χ2n) is 7.58. The Kier molecular flexibility index (Phi) is 7.81. The number of carbonyl (C=O) groups is 3.